The Labute approximate surface area is 105 Å². The van der Waals surface area contributed by atoms with Crippen molar-refractivity contribution >= 4 is 5.84 Å². The standard InChI is InChI=1S/C11H18N4O3/c1-18-7-9(6-16)14-5-8-2-3-13-10(4-8)11(12)15-17/h2-4,9,14,16-17H,5-7H2,1H3,(H2,12,15). The number of hydrogen-bond acceptors (Lipinski definition) is 6. The van der Waals surface area contributed by atoms with Gasteiger partial charge in [0.05, 0.1) is 19.3 Å². The maximum Gasteiger partial charge on any atom is 0.188 e. The Morgan fingerprint density at radius 3 is 3.06 bits per heavy atom. The van der Waals surface area contributed by atoms with E-state index in [0.29, 0.717) is 18.8 Å². The number of amidine groups is 1. The van der Waals surface area contributed by atoms with E-state index in [1.165, 1.54) is 0 Å². The van der Waals surface area contributed by atoms with Crippen LogP contribution in [0, 0.1) is 0 Å². The number of nitrogens with one attached hydrogen (secondary N) is 1. The number of hydrogen-bond donors (Lipinski definition) is 4. The lowest BCUT2D eigenvalue weighted by Crippen LogP contribution is -2.36. The number of ether oxygens (including phenoxy) is 1. The van der Waals surface area contributed by atoms with Gasteiger partial charge >= 0.3 is 0 Å². The highest BCUT2D eigenvalue weighted by Crippen LogP contribution is 2.02. The van der Waals surface area contributed by atoms with Gasteiger partial charge in [-0.15, -0.1) is 0 Å². The minimum absolute atomic E-state index is 0.00792. The first-order valence-corrected chi connectivity index (χ1v) is 5.47. The van der Waals surface area contributed by atoms with E-state index < -0.39 is 0 Å². The van der Waals surface area contributed by atoms with Gasteiger partial charge in [-0.05, 0) is 17.7 Å². The van der Waals surface area contributed by atoms with Crippen molar-refractivity contribution in [3.63, 3.8) is 0 Å². The van der Waals surface area contributed by atoms with Crippen molar-refractivity contribution in [2.75, 3.05) is 20.3 Å². The lowest BCUT2D eigenvalue weighted by atomic mass is 10.2. The molecule has 0 spiro atoms. The summed E-state index contributed by atoms with van der Waals surface area (Å²) in [7, 11) is 1.58. The summed E-state index contributed by atoms with van der Waals surface area (Å²) in [6.45, 7) is 0.948. The van der Waals surface area contributed by atoms with Gasteiger partial charge in [0.25, 0.3) is 0 Å². The molecule has 0 fully saturated rings. The van der Waals surface area contributed by atoms with Gasteiger partial charge in [0, 0.05) is 19.9 Å². The van der Waals surface area contributed by atoms with E-state index >= 15 is 0 Å². The molecule has 0 aliphatic rings. The predicted molar refractivity (Wildman–Crippen MR) is 66.3 cm³/mol. The Bertz CT molecular complexity index is 398. The average Bonchev–Trinajstić information content (AvgIpc) is 2.42. The molecule has 18 heavy (non-hydrogen) atoms. The monoisotopic (exact) mass is 254 g/mol. The van der Waals surface area contributed by atoms with E-state index in [9.17, 15) is 0 Å². The molecule has 7 nitrogen and oxygen atoms in total. The average molecular weight is 254 g/mol. The fourth-order valence-corrected chi connectivity index (χ4v) is 1.42. The molecule has 7 heteroatoms. The van der Waals surface area contributed by atoms with Crippen LogP contribution in [0.3, 0.4) is 0 Å². The summed E-state index contributed by atoms with van der Waals surface area (Å²) in [6, 6.07) is 3.39. The van der Waals surface area contributed by atoms with Crippen molar-refractivity contribution in [2.24, 2.45) is 10.9 Å². The number of oxime groups is 1. The normalized spacial score (nSPS) is 13.6. The van der Waals surface area contributed by atoms with Crippen molar-refractivity contribution in [1.82, 2.24) is 10.3 Å². The first-order chi connectivity index (χ1) is 8.71. The van der Waals surface area contributed by atoms with Crippen LogP contribution in [0.4, 0.5) is 0 Å². The predicted octanol–water partition coefficient (Wildman–Crippen LogP) is -0.727. The van der Waals surface area contributed by atoms with E-state index in [4.69, 9.17) is 20.8 Å². The van der Waals surface area contributed by atoms with Gasteiger partial charge in [0.1, 0.15) is 5.69 Å². The SMILES string of the molecule is COCC(CO)NCc1ccnc(/C(N)=N/O)c1. The molecule has 0 bridgehead atoms. The van der Waals surface area contributed by atoms with Crippen molar-refractivity contribution in [1.29, 1.82) is 0 Å². The molecule has 0 aliphatic carbocycles. The van der Waals surface area contributed by atoms with Crippen LogP contribution < -0.4 is 11.1 Å². The Morgan fingerprint density at radius 2 is 2.44 bits per heavy atom. The molecule has 5 N–H and O–H groups in total. The van der Waals surface area contributed by atoms with Crippen LogP contribution in [0.25, 0.3) is 0 Å². The number of rotatable bonds is 7. The second-order valence-corrected chi connectivity index (χ2v) is 3.75. The third-order valence-corrected chi connectivity index (χ3v) is 2.38. The fraction of sp³-hybridized carbons (Fsp3) is 0.455. The molecule has 0 aromatic carbocycles. The van der Waals surface area contributed by atoms with E-state index in [0.717, 1.165) is 5.56 Å². The summed E-state index contributed by atoms with van der Waals surface area (Å²) in [4.78, 5) is 3.98. The minimum Gasteiger partial charge on any atom is -0.409 e. The molecule has 0 aliphatic heterocycles. The van der Waals surface area contributed by atoms with Crippen molar-refractivity contribution in [3.05, 3.63) is 29.6 Å². The number of nitrogens with zero attached hydrogens (tertiary/aromatic N) is 2. The number of aliphatic hydroxyl groups is 1. The second-order valence-electron chi connectivity index (χ2n) is 3.75. The highest BCUT2D eigenvalue weighted by Gasteiger charge is 2.07. The van der Waals surface area contributed by atoms with Crippen molar-refractivity contribution in [3.8, 4) is 0 Å². The maximum atomic E-state index is 9.09. The molecular weight excluding hydrogens is 236 g/mol. The highest BCUT2D eigenvalue weighted by atomic mass is 16.5. The van der Waals surface area contributed by atoms with Crippen molar-refractivity contribution in [2.45, 2.75) is 12.6 Å². The lowest BCUT2D eigenvalue weighted by Gasteiger charge is -2.15. The van der Waals surface area contributed by atoms with Crippen LogP contribution in [0.2, 0.25) is 0 Å². The van der Waals surface area contributed by atoms with Crippen LogP contribution in [0.15, 0.2) is 23.5 Å². The molecule has 0 amide bonds. The van der Waals surface area contributed by atoms with Crippen LogP contribution in [-0.2, 0) is 11.3 Å². The quantitative estimate of drug-likeness (QED) is 0.221. The van der Waals surface area contributed by atoms with Crippen LogP contribution in [0.5, 0.6) is 0 Å². The Balaban J connectivity index is 2.62. The third-order valence-electron chi connectivity index (χ3n) is 2.38. The smallest absolute Gasteiger partial charge is 0.188 e. The van der Waals surface area contributed by atoms with Crippen molar-refractivity contribution < 1.29 is 15.1 Å². The highest BCUT2D eigenvalue weighted by molar-refractivity contribution is 5.95. The van der Waals surface area contributed by atoms with E-state index in [1.54, 1.807) is 19.4 Å². The summed E-state index contributed by atoms with van der Waals surface area (Å²) < 4.78 is 4.96. The van der Waals surface area contributed by atoms with E-state index in [-0.39, 0.29) is 18.5 Å². The topological polar surface area (TPSA) is 113 Å². The molecule has 0 saturated carbocycles. The van der Waals surface area contributed by atoms with Gasteiger partial charge in [0.15, 0.2) is 5.84 Å². The summed E-state index contributed by atoms with van der Waals surface area (Å²) in [5.74, 6) is -0.0348. The molecular formula is C11H18N4O3. The Hall–Kier alpha value is -1.70. The zero-order valence-electron chi connectivity index (χ0n) is 10.2. The van der Waals surface area contributed by atoms with Gasteiger partial charge in [-0.2, -0.15) is 0 Å². The summed E-state index contributed by atoms with van der Waals surface area (Å²) >= 11 is 0. The van der Waals surface area contributed by atoms with Gasteiger partial charge in [-0.3, -0.25) is 4.98 Å². The van der Waals surface area contributed by atoms with E-state index in [1.807, 2.05) is 6.07 Å². The van der Waals surface area contributed by atoms with Crippen LogP contribution in [-0.4, -0.2) is 47.5 Å². The minimum atomic E-state index is -0.129. The van der Waals surface area contributed by atoms with Gasteiger partial charge in [-0.25, -0.2) is 0 Å². The third kappa shape index (κ3) is 4.28. The van der Waals surface area contributed by atoms with E-state index in [2.05, 4.69) is 15.5 Å². The Kier molecular flexibility index (Phi) is 6.06. The summed E-state index contributed by atoms with van der Waals surface area (Å²) in [5, 5.41) is 23.7. The number of nitrogens with two attached hydrogens (primary N) is 1. The molecule has 1 rings (SSSR count). The van der Waals surface area contributed by atoms with Crippen LogP contribution in [0.1, 0.15) is 11.3 Å². The fourth-order valence-electron chi connectivity index (χ4n) is 1.42. The summed E-state index contributed by atoms with van der Waals surface area (Å²) in [6.07, 6.45) is 1.58. The largest absolute Gasteiger partial charge is 0.409 e. The summed E-state index contributed by atoms with van der Waals surface area (Å²) in [5.41, 5.74) is 6.77. The van der Waals surface area contributed by atoms with Gasteiger partial charge in [0.2, 0.25) is 0 Å². The molecule has 1 unspecified atom stereocenters. The second kappa shape index (κ2) is 7.59. The number of aromatic nitrogens is 1. The first-order valence-electron chi connectivity index (χ1n) is 5.47. The first kappa shape index (κ1) is 14.4. The molecule has 1 atom stereocenters. The lowest BCUT2D eigenvalue weighted by molar-refractivity contribution is 0.128. The Morgan fingerprint density at radius 1 is 1.67 bits per heavy atom. The molecule has 100 valence electrons. The van der Waals surface area contributed by atoms with Gasteiger partial charge < -0.3 is 26.1 Å². The maximum absolute atomic E-state index is 9.09. The molecule has 1 aromatic heterocycles. The van der Waals surface area contributed by atoms with Gasteiger partial charge in [-0.1, -0.05) is 5.16 Å². The number of aliphatic hydroxyl groups excluding tert-OH is 1. The zero-order chi connectivity index (χ0) is 13.4. The molecule has 0 radical (unpaired) electrons. The molecule has 0 saturated heterocycles. The van der Waals surface area contributed by atoms with Crippen LogP contribution >= 0.6 is 0 Å². The zero-order valence-corrected chi connectivity index (χ0v) is 10.2. The molecule has 1 aromatic rings. The number of methoxy groups -OCH3 is 1. The number of pyridine rings is 1. The molecule has 1 heterocycles.